The fraction of sp³-hybridized carbons (Fsp3) is 0.111. The van der Waals surface area contributed by atoms with Gasteiger partial charge in [0.05, 0.1) is 28.5 Å². The number of ether oxygens (including phenoxy) is 1. The molecule has 0 radical (unpaired) electrons. The van der Waals surface area contributed by atoms with Crippen LogP contribution in [0.2, 0.25) is 0 Å². The average Bonchev–Trinajstić information content (AvgIpc) is 3.06. The minimum Gasteiger partial charge on any atom is -0.481 e. The summed E-state index contributed by atoms with van der Waals surface area (Å²) in [5.41, 5.74) is -0.492. The van der Waals surface area contributed by atoms with Crippen LogP contribution in [-0.4, -0.2) is 43.5 Å². The SMILES string of the molecule is O=C(O)CC1SC(=NN=Cc2cccc(Oc3ccc([N+](=O)[O-])cc3[N+](=O)[O-])c2)NC1=O. The number of amides is 1. The summed E-state index contributed by atoms with van der Waals surface area (Å²) in [7, 11) is 0. The molecular formula is C18H13N5O8S. The first-order valence-corrected chi connectivity index (χ1v) is 9.62. The number of carboxylic acid groups (broad SMARTS) is 1. The third-order valence-corrected chi connectivity index (χ3v) is 5.00. The molecule has 1 heterocycles. The van der Waals surface area contributed by atoms with E-state index < -0.39 is 38.3 Å². The number of amidine groups is 1. The first-order chi connectivity index (χ1) is 15.2. The smallest absolute Gasteiger partial charge is 0.318 e. The second kappa shape index (κ2) is 9.65. The van der Waals surface area contributed by atoms with Crippen molar-refractivity contribution in [2.45, 2.75) is 11.7 Å². The van der Waals surface area contributed by atoms with Crippen molar-refractivity contribution in [1.82, 2.24) is 5.32 Å². The van der Waals surface area contributed by atoms with Crippen LogP contribution in [0.1, 0.15) is 12.0 Å². The number of hydrogen-bond donors (Lipinski definition) is 2. The van der Waals surface area contributed by atoms with Crippen LogP contribution in [0.15, 0.2) is 52.7 Å². The molecule has 0 aromatic heterocycles. The summed E-state index contributed by atoms with van der Waals surface area (Å²) in [6.07, 6.45) is 0.995. The molecule has 1 amide bonds. The summed E-state index contributed by atoms with van der Waals surface area (Å²) >= 11 is 0.953. The number of aliphatic carboxylic acids is 1. The quantitative estimate of drug-likeness (QED) is 0.340. The van der Waals surface area contributed by atoms with Crippen molar-refractivity contribution in [2.75, 3.05) is 0 Å². The van der Waals surface area contributed by atoms with E-state index in [9.17, 15) is 29.8 Å². The maximum absolute atomic E-state index is 11.7. The molecule has 13 nitrogen and oxygen atoms in total. The number of carbonyl (C=O) groups is 2. The molecule has 164 valence electrons. The zero-order valence-electron chi connectivity index (χ0n) is 15.9. The van der Waals surface area contributed by atoms with Crippen LogP contribution < -0.4 is 10.1 Å². The Morgan fingerprint density at radius 3 is 2.69 bits per heavy atom. The molecule has 32 heavy (non-hydrogen) atoms. The Balaban J connectivity index is 1.73. The lowest BCUT2D eigenvalue weighted by Gasteiger charge is -2.06. The topological polar surface area (TPSA) is 187 Å². The summed E-state index contributed by atoms with van der Waals surface area (Å²) in [4.78, 5) is 42.9. The van der Waals surface area contributed by atoms with Gasteiger partial charge in [0.2, 0.25) is 11.7 Å². The Bertz CT molecular complexity index is 1170. The van der Waals surface area contributed by atoms with Gasteiger partial charge in [0.1, 0.15) is 11.0 Å². The molecule has 1 fully saturated rings. The predicted molar refractivity (Wildman–Crippen MR) is 113 cm³/mol. The number of rotatable bonds is 8. The molecule has 1 atom stereocenters. The molecule has 0 saturated carbocycles. The number of carbonyl (C=O) groups excluding carboxylic acids is 1. The van der Waals surface area contributed by atoms with E-state index in [-0.39, 0.29) is 23.1 Å². The Morgan fingerprint density at radius 2 is 2.00 bits per heavy atom. The molecule has 1 unspecified atom stereocenters. The number of nitro groups is 2. The van der Waals surface area contributed by atoms with Crippen molar-refractivity contribution in [3.8, 4) is 11.5 Å². The van der Waals surface area contributed by atoms with Gasteiger partial charge in [0, 0.05) is 6.07 Å². The maximum atomic E-state index is 11.7. The fourth-order valence-corrected chi connectivity index (χ4v) is 3.44. The Kier molecular flexibility index (Phi) is 6.74. The number of nitro benzene ring substituents is 2. The van der Waals surface area contributed by atoms with Crippen molar-refractivity contribution in [3.05, 3.63) is 68.3 Å². The number of hydrogen-bond acceptors (Lipinski definition) is 10. The van der Waals surface area contributed by atoms with Crippen molar-refractivity contribution >= 4 is 46.4 Å². The minimum absolute atomic E-state index is 0.159. The largest absolute Gasteiger partial charge is 0.481 e. The summed E-state index contributed by atoms with van der Waals surface area (Å²) < 4.78 is 5.51. The first kappa shape index (κ1) is 22.4. The standard InChI is InChI=1S/C18H13N5O8S/c24-16(25)8-15-17(26)20-18(32-15)21-19-9-10-2-1-3-12(6-10)31-14-5-4-11(22(27)28)7-13(14)23(29)30/h1-7,9,15H,8H2,(H,24,25)(H,20,21,26). The summed E-state index contributed by atoms with van der Waals surface area (Å²) in [6.45, 7) is 0. The number of non-ortho nitro benzene ring substituents is 1. The first-order valence-electron chi connectivity index (χ1n) is 8.74. The predicted octanol–water partition coefficient (Wildman–Crippen LogP) is 2.69. The fourth-order valence-electron chi connectivity index (χ4n) is 2.53. The van der Waals surface area contributed by atoms with Gasteiger partial charge in [-0.2, -0.15) is 5.10 Å². The third-order valence-electron chi connectivity index (χ3n) is 3.93. The summed E-state index contributed by atoms with van der Waals surface area (Å²) in [6, 6.07) is 9.30. The highest BCUT2D eigenvalue weighted by atomic mass is 32.2. The molecule has 1 aliphatic rings. The summed E-state index contributed by atoms with van der Waals surface area (Å²) in [5, 5.41) is 40.3. The molecule has 0 spiro atoms. The minimum atomic E-state index is -1.10. The maximum Gasteiger partial charge on any atom is 0.318 e. The van der Waals surface area contributed by atoms with Gasteiger partial charge < -0.3 is 15.2 Å². The van der Waals surface area contributed by atoms with E-state index in [1.807, 2.05) is 0 Å². The molecule has 14 heteroatoms. The second-order valence-corrected chi connectivity index (χ2v) is 7.38. The van der Waals surface area contributed by atoms with Crippen LogP contribution in [-0.2, 0) is 9.59 Å². The number of nitrogens with zero attached hydrogens (tertiary/aromatic N) is 4. The molecule has 2 aromatic carbocycles. The molecule has 0 bridgehead atoms. The number of thioether (sulfide) groups is 1. The van der Waals surface area contributed by atoms with Crippen LogP contribution in [0, 0.1) is 20.2 Å². The van der Waals surface area contributed by atoms with Gasteiger partial charge in [-0.1, -0.05) is 23.9 Å². The van der Waals surface area contributed by atoms with E-state index in [2.05, 4.69) is 15.5 Å². The highest BCUT2D eigenvalue weighted by Gasteiger charge is 2.32. The van der Waals surface area contributed by atoms with Gasteiger partial charge in [0.15, 0.2) is 5.17 Å². The van der Waals surface area contributed by atoms with Gasteiger partial charge in [-0.15, -0.1) is 5.10 Å². The molecule has 2 N–H and O–H groups in total. The third kappa shape index (κ3) is 5.63. The van der Waals surface area contributed by atoms with Crippen molar-refractivity contribution in [1.29, 1.82) is 0 Å². The average molecular weight is 459 g/mol. The molecule has 0 aliphatic carbocycles. The normalized spacial score (nSPS) is 16.8. The lowest BCUT2D eigenvalue weighted by molar-refractivity contribution is -0.394. The summed E-state index contributed by atoms with van der Waals surface area (Å²) in [5.74, 6) is -1.54. The molecule has 1 saturated heterocycles. The zero-order valence-corrected chi connectivity index (χ0v) is 16.7. The van der Waals surface area contributed by atoms with Gasteiger partial charge in [0.25, 0.3) is 5.69 Å². The zero-order chi connectivity index (χ0) is 23.3. The van der Waals surface area contributed by atoms with E-state index in [0.717, 1.165) is 30.0 Å². The van der Waals surface area contributed by atoms with E-state index in [1.54, 1.807) is 12.1 Å². The van der Waals surface area contributed by atoms with Crippen molar-refractivity contribution in [3.63, 3.8) is 0 Å². The van der Waals surface area contributed by atoms with Gasteiger partial charge in [-0.3, -0.25) is 29.8 Å². The molecular weight excluding hydrogens is 446 g/mol. The Morgan fingerprint density at radius 1 is 1.22 bits per heavy atom. The number of carboxylic acids is 1. The van der Waals surface area contributed by atoms with Crippen LogP contribution in [0.4, 0.5) is 11.4 Å². The number of benzene rings is 2. The monoisotopic (exact) mass is 459 g/mol. The van der Waals surface area contributed by atoms with Gasteiger partial charge in [-0.25, -0.2) is 0 Å². The van der Waals surface area contributed by atoms with Crippen molar-refractivity contribution < 1.29 is 29.3 Å². The van der Waals surface area contributed by atoms with Crippen LogP contribution in [0.3, 0.4) is 0 Å². The van der Waals surface area contributed by atoms with Crippen LogP contribution in [0.25, 0.3) is 0 Å². The Labute approximate surface area is 183 Å². The van der Waals surface area contributed by atoms with E-state index in [0.29, 0.717) is 5.56 Å². The molecule has 2 aromatic rings. The van der Waals surface area contributed by atoms with Gasteiger partial charge >= 0.3 is 11.7 Å². The second-order valence-electron chi connectivity index (χ2n) is 6.18. The van der Waals surface area contributed by atoms with Crippen LogP contribution >= 0.6 is 11.8 Å². The van der Waals surface area contributed by atoms with Crippen molar-refractivity contribution in [2.24, 2.45) is 10.2 Å². The lowest BCUT2D eigenvalue weighted by atomic mass is 10.2. The van der Waals surface area contributed by atoms with Crippen LogP contribution in [0.5, 0.6) is 11.5 Å². The Hall–Kier alpha value is -4.33. The number of nitrogens with one attached hydrogen (secondary N) is 1. The highest BCUT2D eigenvalue weighted by molar-refractivity contribution is 8.15. The molecule has 1 aliphatic heterocycles. The molecule has 3 rings (SSSR count). The van der Waals surface area contributed by atoms with E-state index in [4.69, 9.17) is 9.84 Å². The lowest BCUT2D eigenvalue weighted by Crippen LogP contribution is -2.26. The highest BCUT2D eigenvalue weighted by Crippen LogP contribution is 2.34. The van der Waals surface area contributed by atoms with Gasteiger partial charge in [-0.05, 0) is 23.8 Å². The van der Waals surface area contributed by atoms with E-state index in [1.165, 1.54) is 18.3 Å². The van der Waals surface area contributed by atoms with E-state index >= 15 is 0 Å².